The third-order valence-electron chi connectivity index (χ3n) is 4.87. The maximum Gasteiger partial charge on any atom is 0.417 e. The Bertz CT molecular complexity index is 765. The monoisotopic (exact) mass is 319 g/mol. The maximum atomic E-state index is 13.1. The maximum absolute atomic E-state index is 13.1. The molecule has 0 aromatic heterocycles. The molecule has 3 aliphatic rings. The minimum Gasteiger partial charge on any atom is -0.313 e. The van der Waals surface area contributed by atoms with Crippen LogP contribution in [0.15, 0.2) is 30.4 Å². The van der Waals surface area contributed by atoms with Crippen molar-refractivity contribution in [3.8, 4) is 6.07 Å². The van der Waals surface area contributed by atoms with Crippen LogP contribution in [0.1, 0.15) is 17.5 Å². The number of hydrogen-bond donors (Lipinski definition) is 0. The lowest BCUT2D eigenvalue weighted by molar-refractivity contribution is -0.137. The Balaban J connectivity index is 1.70. The highest BCUT2D eigenvalue weighted by atomic mass is 19.4. The Labute approximate surface area is 130 Å². The van der Waals surface area contributed by atoms with Crippen LogP contribution in [-0.4, -0.2) is 29.6 Å². The highest BCUT2D eigenvalue weighted by molar-refractivity contribution is 5.95. The fourth-order valence-corrected chi connectivity index (χ4v) is 3.81. The number of alkyl halides is 3. The molecule has 0 N–H and O–H groups in total. The first-order valence-electron chi connectivity index (χ1n) is 7.29. The summed E-state index contributed by atoms with van der Waals surface area (Å²) in [6.45, 7) is 0.382. The van der Waals surface area contributed by atoms with Gasteiger partial charge in [0.15, 0.2) is 0 Å². The summed E-state index contributed by atoms with van der Waals surface area (Å²) in [5.74, 6) is 0.286. The first-order valence-corrected chi connectivity index (χ1v) is 7.29. The predicted octanol–water partition coefficient (Wildman–Crippen LogP) is 3.15. The number of carbonyl (C=O) groups excluding carboxylic acids is 1. The van der Waals surface area contributed by atoms with Gasteiger partial charge in [0.1, 0.15) is 0 Å². The molecule has 2 fully saturated rings. The molecule has 2 heterocycles. The summed E-state index contributed by atoms with van der Waals surface area (Å²) in [5.41, 5.74) is -1.25. The van der Waals surface area contributed by atoms with E-state index in [2.05, 4.69) is 6.08 Å². The number of nitrogens with zero attached hydrogens (tertiary/aromatic N) is 3. The molecule has 7 heteroatoms. The Morgan fingerprint density at radius 1 is 1.26 bits per heavy atom. The molecule has 0 radical (unpaired) electrons. The van der Waals surface area contributed by atoms with Crippen LogP contribution in [-0.2, 0) is 6.18 Å². The van der Waals surface area contributed by atoms with Crippen LogP contribution in [0, 0.1) is 17.2 Å². The molecule has 4 nitrogen and oxygen atoms in total. The molecule has 118 valence electrons. The molecule has 0 saturated carbocycles. The predicted molar refractivity (Wildman–Crippen MR) is 75.6 cm³/mol. The first-order chi connectivity index (χ1) is 10.9. The van der Waals surface area contributed by atoms with Gasteiger partial charge in [-0.3, -0.25) is 4.90 Å². The van der Waals surface area contributed by atoms with Crippen molar-refractivity contribution in [2.24, 2.45) is 5.92 Å². The van der Waals surface area contributed by atoms with E-state index in [1.165, 1.54) is 11.0 Å². The van der Waals surface area contributed by atoms with Crippen molar-refractivity contribution in [2.75, 3.05) is 11.4 Å². The normalized spacial score (nSPS) is 28.4. The van der Waals surface area contributed by atoms with E-state index in [1.54, 1.807) is 11.0 Å². The van der Waals surface area contributed by atoms with E-state index in [1.807, 2.05) is 6.08 Å². The molecule has 0 spiro atoms. The van der Waals surface area contributed by atoms with E-state index in [0.29, 0.717) is 6.54 Å². The number of hydrogen-bond acceptors (Lipinski definition) is 2. The lowest BCUT2D eigenvalue weighted by Crippen LogP contribution is -2.38. The van der Waals surface area contributed by atoms with Crippen LogP contribution in [0.25, 0.3) is 0 Å². The second kappa shape index (κ2) is 4.51. The standard InChI is InChI=1S/C16H12F3N3O/c17-16(18,19)13-6-11(3-2-10(13)7-20)21-8-14-9-1-4-12(5-9)22(14)15(21)23/h1-4,6,9,12,14H,5,8H2/t9-,12+,14+/m1/s1. The summed E-state index contributed by atoms with van der Waals surface area (Å²) in [4.78, 5) is 15.7. The molecule has 1 aromatic rings. The number of urea groups is 1. The van der Waals surface area contributed by atoms with E-state index in [4.69, 9.17) is 5.26 Å². The summed E-state index contributed by atoms with van der Waals surface area (Å²) in [6, 6.07) is 4.81. The van der Waals surface area contributed by atoms with Crippen LogP contribution in [0.4, 0.5) is 23.7 Å². The first kappa shape index (κ1) is 14.1. The Morgan fingerprint density at radius 2 is 2.04 bits per heavy atom. The zero-order chi connectivity index (χ0) is 16.4. The van der Waals surface area contributed by atoms with Gasteiger partial charge in [-0.05, 0) is 24.6 Å². The molecule has 1 aliphatic carbocycles. The average Bonchev–Trinajstić information content (AvgIpc) is 3.19. The van der Waals surface area contributed by atoms with E-state index in [9.17, 15) is 18.0 Å². The largest absolute Gasteiger partial charge is 0.417 e. The van der Waals surface area contributed by atoms with Gasteiger partial charge in [-0.25, -0.2) is 4.79 Å². The Kier molecular flexibility index (Phi) is 2.77. The van der Waals surface area contributed by atoms with Crippen molar-refractivity contribution >= 4 is 11.7 Å². The van der Waals surface area contributed by atoms with Crippen molar-refractivity contribution in [3.63, 3.8) is 0 Å². The topological polar surface area (TPSA) is 47.3 Å². The fraction of sp³-hybridized carbons (Fsp3) is 0.375. The van der Waals surface area contributed by atoms with Crippen molar-refractivity contribution in [1.82, 2.24) is 4.90 Å². The van der Waals surface area contributed by atoms with Gasteiger partial charge in [0, 0.05) is 18.2 Å². The van der Waals surface area contributed by atoms with Gasteiger partial charge in [-0.1, -0.05) is 12.2 Å². The fourth-order valence-electron chi connectivity index (χ4n) is 3.81. The minimum absolute atomic E-state index is 0.0301. The molecule has 3 atom stereocenters. The van der Waals surface area contributed by atoms with Gasteiger partial charge in [0.25, 0.3) is 0 Å². The van der Waals surface area contributed by atoms with Gasteiger partial charge in [0.2, 0.25) is 0 Å². The lowest BCUT2D eigenvalue weighted by Gasteiger charge is -2.23. The SMILES string of the molecule is N#Cc1ccc(N2C[C@H]3[C@@H]4C=C[C@@H](C4)N3C2=O)cc1C(F)(F)F. The number of nitriles is 1. The number of halogens is 3. The summed E-state index contributed by atoms with van der Waals surface area (Å²) >= 11 is 0. The smallest absolute Gasteiger partial charge is 0.313 e. The highest BCUT2D eigenvalue weighted by Crippen LogP contribution is 2.43. The summed E-state index contributed by atoms with van der Waals surface area (Å²) in [7, 11) is 0. The van der Waals surface area contributed by atoms with Gasteiger partial charge >= 0.3 is 12.2 Å². The van der Waals surface area contributed by atoms with Crippen LogP contribution >= 0.6 is 0 Å². The van der Waals surface area contributed by atoms with Crippen LogP contribution in [0.5, 0.6) is 0 Å². The summed E-state index contributed by atoms with van der Waals surface area (Å²) in [5, 5.41) is 8.85. The summed E-state index contributed by atoms with van der Waals surface area (Å²) in [6.07, 6.45) is 0.358. The lowest BCUT2D eigenvalue weighted by atomic mass is 10.0. The molecular weight excluding hydrogens is 307 g/mol. The second-order valence-electron chi connectivity index (χ2n) is 6.06. The zero-order valence-electron chi connectivity index (χ0n) is 11.9. The average molecular weight is 319 g/mol. The van der Waals surface area contributed by atoms with Crippen molar-refractivity contribution in [2.45, 2.75) is 24.7 Å². The van der Waals surface area contributed by atoms with E-state index < -0.39 is 17.3 Å². The van der Waals surface area contributed by atoms with Gasteiger partial charge in [-0.2, -0.15) is 18.4 Å². The van der Waals surface area contributed by atoms with Crippen LogP contribution < -0.4 is 4.90 Å². The third-order valence-corrected chi connectivity index (χ3v) is 4.87. The van der Waals surface area contributed by atoms with E-state index in [-0.39, 0.29) is 29.7 Å². The molecule has 23 heavy (non-hydrogen) atoms. The minimum atomic E-state index is -4.62. The molecule has 1 aromatic carbocycles. The molecule has 0 unspecified atom stereocenters. The number of benzene rings is 1. The zero-order valence-corrected chi connectivity index (χ0v) is 11.9. The van der Waals surface area contributed by atoms with Crippen LogP contribution in [0.3, 0.4) is 0 Å². The number of fused-ring (bicyclic) bond motifs is 5. The quantitative estimate of drug-likeness (QED) is 0.747. The molecule has 2 amide bonds. The van der Waals surface area contributed by atoms with Crippen molar-refractivity contribution < 1.29 is 18.0 Å². The molecule has 2 saturated heterocycles. The Hall–Kier alpha value is -2.49. The van der Waals surface area contributed by atoms with Gasteiger partial charge in [-0.15, -0.1) is 0 Å². The molecule has 2 aliphatic heterocycles. The van der Waals surface area contributed by atoms with Crippen molar-refractivity contribution in [3.05, 3.63) is 41.5 Å². The Morgan fingerprint density at radius 3 is 2.70 bits per heavy atom. The summed E-state index contributed by atoms with van der Waals surface area (Å²) < 4.78 is 39.3. The van der Waals surface area contributed by atoms with Gasteiger partial charge < -0.3 is 4.90 Å². The van der Waals surface area contributed by atoms with Gasteiger partial charge in [0.05, 0.1) is 29.3 Å². The van der Waals surface area contributed by atoms with E-state index in [0.717, 1.165) is 18.6 Å². The molecular formula is C16H12F3N3O. The van der Waals surface area contributed by atoms with E-state index >= 15 is 0 Å². The third kappa shape index (κ3) is 1.94. The molecule has 4 rings (SSSR count). The van der Waals surface area contributed by atoms with Crippen molar-refractivity contribution in [1.29, 1.82) is 5.26 Å². The number of anilines is 1. The second-order valence-corrected chi connectivity index (χ2v) is 6.06. The van der Waals surface area contributed by atoms with Crippen LogP contribution in [0.2, 0.25) is 0 Å². The number of rotatable bonds is 1. The number of carbonyl (C=O) groups is 1. The molecule has 2 bridgehead atoms. The highest BCUT2D eigenvalue weighted by Gasteiger charge is 2.52. The number of amides is 2.